The molecule has 1 aliphatic carbocycles. The normalized spacial score (nSPS) is 19.0. The zero-order valence-corrected chi connectivity index (χ0v) is 19.6. The lowest BCUT2D eigenvalue weighted by atomic mass is 9.83. The lowest BCUT2D eigenvalue weighted by Crippen LogP contribution is -2.35. The van der Waals surface area contributed by atoms with E-state index in [2.05, 4.69) is 40.8 Å². The lowest BCUT2D eigenvalue weighted by Gasteiger charge is -2.29. The lowest BCUT2D eigenvalue weighted by molar-refractivity contribution is -0.125. The maximum atomic E-state index is 12.3. The van der Waals surface area contributed by atoms with Gasteiger partial charge in [-0.25, -0.2) is 4.98 Å². The molecule has 30 heavy (non-hydrogen) atoms. The van der Waals surface area contributed by atoms with E-state index in [1.54, 1.807) is 41.7 Å². The Hall–Kier alpha value is -1.93. The van der Waals surface area contributed by atoms with Crippen LogP contribution in [0.1, 0.15) is 34.1 Å². The van der Waals surface area contributed by atoms with Gasteiger partial charge in [-0.2, -0.15) is 0 Å². The molecule has 0 saturated carbocycles. The number of allylic oxidation sites excluding steroid dienone is 1. The van der Waals surface area contributed by atoms with E-state index < -0.39 is 0 Å². The molecule has 0 radical (unpaired) electrons. The number of nitrogens with one attached hydrogen (secondary N) is 1. The molecule has 0 spiro atoms. The summed E-state index contributed by atoms with van der Waals surface area (Å²) in [7, 11) is 3.55. The van der Waals surface area contributed by atoms with Crippen molar-refractivity contribution in [1.82, 2.24) is 9.88 Å². The molecule has 1 aliphatic rings. The second-order valence-corrected chi connectivity index (χ2v) is 10.3. The quantitative estimate of drug-likeness (QED) is 0.516. The second-order valence-electron chi connectivity index (χ2n) is 7.83. The fraction of sp³-hybridized carbons (Fsp3) is 0.364. The summed E-state index contributed by atoms with van der Waals surface area (Å²) in [5, 5.41) is 6.08. The second kappa shape index (κ2) is 8.67. The van der Waals surface area contributed by atoms with Crippen molar-refractivity contribution in [1.29, 1.82) is 0 Å². The van der Waals surface area contributed by atoms with E-state index in [1.165, 1.54) is 9.75 Å². The summed E-state index contributed by atoms with van der Waals surface area (Å²) in [6, 6.07) is 5.96. The topological polar surface area (TPSA) is 71.2 Å². The van der Waals surface area contributed by atoms with E-state index in [1.807, 2.05) is 6.07 Å². The minimum atomic E-state index is -0.0985. The van der Waals surface area contributed by atoms with Crippen molar-refractivity contribution < 1.29 is 4.79 Å². The summed E-state index contributed by atoms with van der Waals surface area (Å²) in [4.78, 5) is 21.0. The average Bonchev–Trinajstić information content (AvgIpc) is 3.34. The monoisotopic (exact) mass is 460 g/mol. The van der Waals surface area contributed by atoms with Gasteiger partial charge < -0.3 is 16.0 Å². The third-order valence-electron chi connectivity index (χ3n) is 5.52. The van der Waals surface area contributed by atoms with Crippen LogP contribution >= 0.6 is 34.3 Å². The molecule has 0 bridgehead atoms. The Morgan fingerprint density at radius 1 is 1.43 bits per heavy atom. The molecule has 4 rings (SSSR count). The first-order chi connectivity index (χ1) is 14.3. The Morgan fingerprint density at radius 2 is 2.23 bits per heavy atom. The smallest absolute Gasteiger partial charge is 0.248 e. The number of likely N-dealkylation sites (N-methyl/N-ethyl adjacent to an activating group) is 1. The van der Waals surface area contributed by atoms with Crippen LogP contribution in [-0.2, 0) is 11.3 Å². The number of hydrogen-bond acceptors (Lipinski definition) is 6. The average molecular weight is 461 g/mol. The Morgan fingerprint density at radius 3 is 2.90 bits per heavy atom. The Kier molecular flexibility index (Phi) is 6.16. The number of thiophene rings is 2. The SMILES string of the molecule is Cc1c([C@H]2CC=C(C(=O)N(C)C)C[C@@H]2N)sc2c(NCc3cccs3)cc(Cl)nc12. The van der Waals surface area contributed by atoms with Gasteiger partial charge in [-0.1, -0.05) is 23.7 Å². The highest BCUT2D eigenvalue weighted by Crippen LogP contribution is 2.43. The van der Waals surface area contributed by atoms with E-state index in [0.29, 0.717) is 11.6 Å². The van der Waals surface area contributed by atoms with Crippen LogP contribution in [-0.4, -0.2) is 35.9 Å². The highest BCUT2D eigenvalue weighted by atomic mass is 35.5. The first-order valence-corrected chi connectivity index (χ1v) is 11.9. The van der Waals surface area contributed by atoms with Crippen molar-refractivity contribution in [3.8, 4) is 0 Å². The Bertz CT molecular complexity index is 1100. The number of halogens is 1. The van der Waals surface area contributed by atoms with Gasteiger partial charge in [-0.15, -0.1) is 22.7 Å². The summed E-state index contributed by atoms with van der Waals surface area (Å²) in [5.74, 6) is 0.220. The molecule has 1 amide bonds. The number of nitrogens with two attached hydrogens (primary N) is 1. The Balaban J connectivity index is 1.66. The van der Waals surface area contributed by atoms with Crippen molar-refractivity contribution in [2.75, 3.05) is 19.4 Å². The summed E-state index contributed by atoms with van der Waals surface area (Å²) >= 11 is 9.81. The number of fused-ring (bicyclic) bond motifs is 1. The number of aromatic nitrogens is 1. The fourth-order valence-corrected chi connectivity index (χ4v) is 6.20. The largest absolute Gasteiger partial charge is 0.379 e. The standard InChI is InChI=1S/C22H25ClN4OS2/c1-12-19-21(17(10-18(23)26-19)25-11-14-5-4-8-29-14)30-20(12)15-7-6-13(9-16(15)24)22(28)27(2)3/h4-6,8,10,15-16H,7,9,11,24H2,1-3H3,(H,25,26)/t15-,16-/m0/s1. The van der Waals surface area contributed by atoms with E-state index in [9.17, 15) is 4.79 Å². The predicted molar refractivity (Wildman–Crippen MR) is 128 cm³/mol. The van der Waals surface area contributed by atoms with Gasteiger partial charge in [0.1, 0.15) is 5.15 Å². The van der Waals surface area contributed by atoms with Crippen molar-refractivity contribution in [2.24, 2.45) is 5.73 Å². The van der Waals surface area contributed by atoms with Gasteiger partial charge in [0.15, 0.2) is 0 Å². The van der Waals surface area contributed by atoms with E-state index in [0.717, 1.165) is 40.0 Å². The molecule has 158 valence electrons. The number of pyridine rings is 1. The van der Waals surface area contributed by atoms with Crippen LogP contribution in [0.15, 0.2) is 35.2 Å². The van der Waals surface area contributed by atoms with Crippen LogP contribution in [0, 0.1) is 6.92 Å². The predicted octanol–water partition coefficient (Wildman–Crippen LogP) is 5.15. The minimum absolute atomic E-state index is 0.0467. The van der Waals surface area contributed by atoms with Gasteiger partial charge in [0.25, 0.3) is 0 Å². The molecule has 0 aliphatic heterocycles. The van der Waals surface area contributed by atoms with Gasteiger partial charge in [0, 0.05) is 54.0 Å². The zero-order valence-electron chi connectivity index (χ0n) is 17.2. The van der Waals surface area contributed by atoms with Crippen LogP contribution in [0.2, 0.25) is 5.15 Å². The van der Waals surface area contributed by atoms with Crippen LogP contribution in [0.25, 0.3) is 10.2 Å². The number of hydrogen-bond donors (Lipinski definition) is 2. The Labute approximate surface area is 189 Å². The summed E-state index contributed by atoms with van der Waals surface area (Å²) in [6.07, 6.45) is 3.40. The summed E-state index contributed by atoms with van der Waals surface area (Å²) in [5.41, 5.74) is 10.4. The van der Waals surface area contributed by atoms with Gasteiger partial charge in [-0.3, -0.25) is 4.79 Å². The molecule has 3 aromatic rings. The van der Waals surface area contributed by atoms with Gasteiger partial charge in [0.05, 0.1) is 15.9 Å². The number of carbonyl (C=O) groups is 1. The number of nitrogens with zero attached hydrogens (tertiary/aromatic N) is 2. The molecule has 8 heteroatoms. The van der Waals surface area contributed by atoms with E-state index in [4.69, 9.17) is 17.3 Å². The number of amides is 1. The van der Waals surface area contributed by atoms with Gasteiger partial charge in [-0.05, 0) is 36.8 Å². The van der Waals surface area contributed by atoms with Gasteiger partial charge >= 0.3 is 0 Å². The molecular weight excluding hydrogens is 436 g/mol. The van der Waals surface area contributed by atoms with Crippen LogP contribution in [0.5, 0.6) is 0 Å². The number of aryl methyl sites for hydroxylation is 1. The third kappa shape index (κ3) is 4.12. The minimum Gasteiger partial charge on any atom is -0.379 e. The zero-order chi connectivity index (χ0) is 21.4. The van der Waals surface area contributed by atoms with Crippen LogP contribution in [0.4, 0.5) is 5.69 Å². The molecule has 3 N–H and O–H groups in total. The first-order valence-electron chi connectivity index (χ1n) is 9.87. The molecule has 0 unspecified atom stereocenters. The highest BCUT2D eigenvalue weighted by molar-refractivity contribution is 7.20. The molecule has 5 nitrogen and oxygen atoms in total. The summed E-state index contributed by atoms with van der Waals surface area (Å²) < 4.78 is 1.11. The molecule has 3 aromatic heterocycles. The highest BCUT2D eigenvalue weighted by Gasteiger charge is 2.30. The molecule has 3 heterocycles. The van der Waals surface area contributed by atoms with E-state index in [-0.39, 0.29) is 17.9 Å². The third-order valence-corrected chi connectivity index (χ3v) is 8.04. The molecular formula is C22H25ClN4OS2. The molecule has 2 atom stereocenters. The van der Waals surface area contributed by atoms with Gasteiger partial charge in [0.2, 0.25) is 5.91 Å². The molecule has 0 fully saturated rings. The maximum Gasteiger partial charge on any atom is 0.248 e. The van der Waals surface area contributed by atoms with Crippen molar-refractivity contribution in [2.45, 2.75) is 38.3 Å². The fourth-order valence-electron chi connectivity index (χ4n) is 3.93. The van der Waals surface area contributed by atoms with Crippen LogP contribution in [0.3, 0.4) is 0 Å². The summed E-state index contributed by atoms with van der Waals surface area (Å²) in [6.45, 7) is 2.85. The van der Waals surface area contributed by atoms with Crippen molar-refractivity contribution in [3.63, 3.8) is 0 Å². The van der Waals surface area contributed by atoms with E-state index >= 15 is 0 Å². The number of anilines is 1. The van der Waals surface area contributed by atoms with Crippen LogP contribution < -0.4 is 11.1 Å². The molecule has 0 saturated heterocycles. The first kappa shape index (κ1) is 21.3. The maximum absolute atomic E-state index is 12.3. The molecule has 0 aromatic carbocycles. The van der Waals surface area contributed by atoms with Crippen molar-refractivity contribution >= 4 is 56.1 Å². The number of carbonyl (C=O) groups excluding carboxylic acids is 1. The number of rotatable bonds is 5. The van der Waals surface area contributed by atoms with Crippen molar-refractivity contribution in [3.05, 3.63) is 55.7 Å².